The van der Waals surface area contributed by atoms with Gasteiger partial charge in [0.25, 0.3) is 5.91 Å². The van der Waals surface area contributed by atoms with E-state index in [0.29, 0.717) is 10.8 Å². The molecule has 1 fully saturated rings. The minimum atomic E-state index is -0.758. The number of carbonyl (C=O) groups is 3. The second kappa shape index (κ2) is 4.73. The molecule has 0 spiro atoms. The van der Waals surface area contributed by atoms with Crippen LogP contribution in [0.25, 0.3) is 0 Å². The molecule has 0 aromatic carbocycles. The van der Waals surface area contributed by atoms with Crippen LogP contribution < -0.4 is 11.1 Å². The zero-order chi connectivity index (χ0) is 13.3. The Morgan fingerprint density at radius 3 is 2.89 bits per heavy atom. The highest BCUT2D eigenvalue weighted by molar-refractivity contribution is 7.13. The summed E-state index contributed by atoms with van der Waals surface area (Å²) in [6.07, 6.45) is 0.0651. The number of rotatable bonds is 3. The molecular weight excluding hydrogens is 256 g/mol. The molecule has 0 saturated carbocycles. The Hall–Kier alpha value is -1.96. The summed E-state index contributed by atoms with van der Waals surface area (Å²) in [4.78, 5) is 39.5. The molecule has 1 unspecified atom stereocenters. The van der Waals surface area contributed by atoms with Gasteiger partial charge in [-0.05, 0) is 0 Å². The molecule has 3 amide bonds. The molecular formula is C10H12N4O3S. The summed E-state index contributed by atoms with van der Waals surface area (Å²) in [5.41, 5.74) is 6.00. The number of carbonyl (C=O) groups excluding carboxylic acids is 3. The van der Waals surface area contributed by atoms with Crippen LogP contribution in [0, 0.1) is 0 Å². The van der Waals surface area contributed by atoms with Gasteiger partial charge in [0, 0.05) is 12.4 Å². The van der Waals surface area contributed by atoms with Crippen molar-refractivity contribution < 1.29 is 14.4 Å². The van der Waals surface area contributed by atoms with Crippen LogP contribution in [0.3, 0.4) is 0 Å². The number of anilines is 1. The van der Waals surface area contributed by atoms with Crippen molar-refractivity contribution >= 4 is 34.2 Å². The Balaban J connectivity index is 1.92. The second-order valence-electron chi connectivity index (χ2n) is 3.97. The molecule has 1 aromatic rings. The fourth-order valence-corrected chi connectivity index (χ4v) is 2.24. The molecule has 3 N–H and O–H groups in total. The van der Waals surface area contributed by atoms with Gasteiger partial charge < -0.3 is 11.1 Å². The zero-order valence-corrected chi connectivity index (χ0v) is 10.5. The molecule has 0 bridgehead atoms. The maximum Gasteiger partial charge on any atom is 0.252 e. The smallest absolute Gasteiger partial charge is 0.252 e. The molecule has 1 aliphatic heterocycles. The predicted octanol–water partition coefficient (Wildman–Crippen LogP) is -0.859. The van der Waals surface area contributed by atoms with E-state index in [1.807, 2.05) is 0 Å². The van der Waals surface area contributed by atoms with E-state index in [-0.39, 0.29) is 30.6 Å². The number of nitrogens with one attached hydrogen (secondary N) is 1. The molecule has 2 rings (SSSR count). The highest BCUT2D eigenvalue weighted by Crippen LogP contribution is 2.13. The number of nitrogen functional groups attached to an aromatic ring is 1. The van der Waals surface area contributed by atoms with Gasteiger partial charge in [-0.1, -0.05) is 0 Å². The van der Waals surface area contributed by atoms with Crippen LogP contribution in [0.2, 0.25) is 0 Å². The molecule has 0 radical (unpaired) electrons. The van der Waals surface area contributed by atoms with Gasteiger partial charge in [-0.25, -0.2) is 4.98 Å². The van der Waals surface area contributed by atoms with E-state index in [4.69, 9.17) is 5.73 Å². The molecule has 18 heavy (non-hydrogen) atoms. The molecule has 96 valence electrons. The van der Waals surface area contributed by atoms with E-state index >= 15 is 0 Å². The summed E-state index contributed by atoms with van der Waals surface area (Å²) in [7, 11) is 1.40. The summed E-state index contributed by atoms with van der Waals surface area (Å²) in [5.74, 6) is -1.02. The number of likely N-dealkylation sites (N-methyl/N-ethyl adjacent to an activating group) is 1. The van der Waals surface area contributed by atoms with Gasteiger partial charge in [0.05, 0.1) is 18.5 Å². The highest BCUT2D eigenvalue weighted by Gasteiger charge is 2.36. The summed E-state index contributed by atoms with van der Waals surface area (Å²) in [6, 6.07) is -0.758. The number of imide groups is 1. The average molecular weight is 268 g/mol. The third-order valence-corrected chi connectivity index (χ3v) is 3.35. The van der Waals surface area contributed by atoms with Crippen molar-refractivity contribution in [2.45, 2.75) is 18.9 Å². The monoisotopic (exact) mass is 268 g/mol. The lowest BCUT2D eigenvalue weighted by molar-refractivity contribution is -0.138. The number of thiazole rings is 1. The van der Waals surface area contributed by atoms with Crippen molar-refractivity contribution in [2.24, 2.45) is 0 Å². The van der Waals surface area contributed by atoms with Crippen LogP contribution in [0.15, 0.2) is 5.38 Å². The van der Waals surface area contributed by atoms with Crippen LogP contribution in [0.4, 0.5) is 5.13 Å². The second-order valence-corrected chi connectivity index (χ2v) is 4.86. The molecule has 2 heterocycles. The molecule has 1 aromatic heterocycles. The molecule has 1 atom stereocenters. The standard InChI is InChI=1S/C10H12N4O3S/c1-14-8(16)3-6(9(14)17)13-7(15)2-5-4-18-10(11)12-5/h4,6H,2-3H2,1H3,(H2,11,12)(H,13,15). The van der Waals surface area contributed by atoms with Gasteiger partial charge >= 0.3 is 0 Å². The number of aromatic nitrogens is 1. The van der Waals surface area contributed by atoms with Crippen molar-refractivity contribution in [3.05, 3.63) is 11.1 Å². The van der Waals surface area contributed by atoms with Crippen molar-refractivity contribution in [1.29, 1.82) is 0 Å². The maximum atomic E-state index is 11.7. The van der Waals surface area contributed by atoms with Crippen molar-refractivity contribution in [3.8, 4) is 0 Å². The largest absolute Gasteiger partial charge is 0.375 e. The van der Waals surface area contributed by atoms with Gasteiger partial charge in [-0.2, -0.15) is 0 Å². The quantitative estimate of drug-likeness (QED) is 0.694. The van der Waals surface area contributed by atoms with Crippen LogP contribution in [0.5, 0.6) is 0 Å². The Bertz CT molecular complexity index is 513. The van der Waals surface area contributed by atoms with E-state index in [9.17, 15) is 14.4 Å². The van der Waals surface area contributed by atoms with E-state index in [1.165, 1.54) is 18.4 Å². The first kappa shape index (κ1) is 12.5. The fraction of sp³-hybridized carbons (Fsp3) is 0.400. The Labute approximate surface area is 107 Å². The van der Waals surface area contributed by atoms with E-state index in [0.717, 1.165) is 4.90 Å². The molecule has 1 aliphatic rings. The number of amides is 3. The number of nitrogens with zero attached hydrogens (tertiary/aromatic N) is 2. The molecule has 0 aliphatic carbocycles. The minimum Gasteiger partial charge on any atom is -0.375 e. The summed E-state index contributed by atoms with van der Waals surface area (Å²) < 4.78 is 0. The van der Waals surface area contributed by atoms with E-state index in [2.05, 4.69) is 10.3 Å². The highest BCUT2D eigenvalue weighted by atomic mass is 32.1. The van der Waals surface area contributed by atoms with E-state index < -0.39 is 6.04 Å². The number of hydrogen-bond donors (Lipinski definition) is 2. The molecule has 1 saturated heterocycles. The Morgan fingerprint density at radius 1 is 1.67 bits per heavy atom. The van der Waals surface area contributed by atoms with Gasteiger partial charge in [0.15, 0.2) is 5.13 Å². The Kier molecular flexibility index (Phi) is 3.28. The predicted molar refractivity (Wildman–Crippen MR) is 64.6 cm³/mol. The number of nitrogens with two attached hydrogens (primary N) is 1. The number of likely N-dealkylation sites (tertiary alicyclic amines) is 1. The zero-order valence-electron chi connectivity index (χ0n) is 9.67. The third-order valence-electron chi connectivity index (χ3n) is 2.63. The van der Waals surface area contributed by atoms with Gasteiger partial charge in [-0.15, -0.1) is 11.3 Å². The lowest BCUT2D eigenvalue weighted by atomic mass is 10.2. The summed E-state index contributed by atoms with van der Waals surface area (Å²) in [5, 5.41) is 4.60. The van der Waals surface area contributed by atoms with Crippen LogP contribution in [-0.4, -0.2) is 40.7 Å². The first-order valence-electron chi connectivity index (χ1n) is 5.27. The van der Waals surface area contributed by atoms with Crippen LogP contribution >= 0.6 is 11.3 Å². The summed E-state index contributed by atoms with van der Waals surface area (Å²) in [6.45, 7) is 0. The van der Waals surface area contributed by atoms with Gasteiger partial charge in [0.2, 0.25) is 11.8 Å². The molecule has 8 heteroatoms. The van der Waals surface area contributed by atoms with Crippen molar-refractivity contribution in [3.63, 3.8) is 0 Å². The van der Waals surface area contributed by atoms with Crippen LogP contribution in [0.1, 0.15) is 12.1 Å². The Morgan fingerprint density at radius 2 is 2.39 bits per heavy atom. The lowest BCUT2D eigenvalue weighted by Crippen LogP contribution is -2.41. The minimum absolute atomic E-state index is 0.0142. The van der Waals surface area contributed by atoms with Gasteiger partial charge in [0.1, 0.15) is 6.04 Å². The topological polar surface area (TPSA) is 105 Å². The van der Waals surface area contributed by atoms with Gasteiger partial charge in [-0.3, -0.25) is 19.3 Å². The average Bonchev–Trinajstić information content (AvgIpc) is 2.80. The first-order valence-corrected chi connectivity index (χ1v) is 6.15. The first-order chi connectivity index (χ1) is 8.47. The van der Waals surface area contributed by atoms with Crippen molar-refractivity contribution in [1.82, 2.24) is 15.2 Å². The van der Waals surface area contributed by atoms with Crippen molar-refractivity contribution in [2.75, 3.05) is 12.8 Å². The third kappa shape index (κ3) is 2.48. The maximum absolute atomic E-state index is 11.7. The fourth-order valence-electron chi connectivity index (χ4n) is 1.68. The SMILES string of the molecule is CN1C(=O)CC(NC(=O)Cc2csc(N)n2)C1=O. The number of hydrogen-bond acceptors (Lipinski definition) is 6. The normalized spacial score (nSPS) is 19.4. The summed E-state index contributed by atoms with van der Waals surface area (Å²) >= 11 is 1.25. The lowest BCUT2D eigenvalue weighted by Gasteiger charge is -2.10. The van der Waals surface area contributed by atoms with E-state index in [1.54, 1.807) is 5.38 Å². The molecule has 7 nitrogen and oxygen atoms in total. The van der Waals surface area contributed by atoms with Crippen LogP contribution in [-0.2, 0) is 20.8 Å².